The number of hydrogen-bond acceptors (Lipinski definition) is 3. The van der Waals surface area contributed by atoms with Crippen molar-refractivity contribution in [3.05, 3.63) is 0 Å². The summed E-state index contributed by atoms with van der Waals surface area (Å²) in [6, 6.07) is 0. The third kappa shape index (κ3) is 25.9. The van der Waals surface area contributed by atoms with Crippen LogP contribution in [0.1, 0.15) is 111 Å². The van der Waals surface area contributed by atoms with Crippen LogP contribution in [0.4, 0.5) is 0 Å². The summed E-state index contributed by atoms with van der Waals surface area (Å²) in [5.41, 5.74) is 0. The van der Waals surface area contributed by atoms with E-state index in [0.717, 1.165) is 19.3 Å². The quantitative estimate of drug-likeness (QED) is 0.287. The Hall–Kier alpha value is -1.06. The van der Waals surface area contributed by atoms with Gasteiger partial charge in [0.15, 0.2) is 0 Å². The molecule has 0 aromatic carbocycles. The molecule has 0 aliphatic heterocycles. The highest BCUT2D eigenvalue weighted by atomic mass is 16.5. The number of aliphatic carboxylic acids is 1. The molecule has 0 radical (unpaired) electrons. The van der Waals surface area contributed by atoms with Gasteiger partial charge < -0.3 is 9.84 Å². The van der Waals surface area contributed by atoms with Crippen LogP contribution in [-0.4, -0.2) is 23.7 Å². The number of carbonyl (C=O) groups is 2. The minimum atomic E-state index is -0.711. The molecule has 0 rings (SSSR count). The third-order valence-electron chi connectivity index (χ3n) is 3.71. The smallest absolute Gasteiger partial charge is 0.305 e. The first kappa shape index (κ1) is 25.2. The number of carbonyl (C=O) groups excluding carboxylic acids is 1. The Balaban J connectivity index is 0. The fraction of sp³-hybridized carbons (Fsp3) is 0.900. The molecule has 4 heteroatoms. The zero-order chi connectivity index (χ0) is 18.5. The summed E-state index contributed by atoms with van der Waals surface area (Å²) in [5.74, 6) is -0.711. The Labute approximate surface area is 149 Å². The van der Waals surface area contributed by atoms with Crippen LogP contribution in [0, 0.1) is 0 Å². The van der Waals surface area contributed by atoms with Crippen LogP contribution < -0.4 is 0 Å². The molecule has 0 amide bonds. The molecule has 0 aliphatic rings. The standard InChI is InChI=1S/C16H32O2.C4H8O2/c1-3-5-7-9-10-11-12-14-16(17)18-15-13-8-6-4-2;1-2-3-4(5)6/h3-15H2,1-2H3;2-3H2,1H3,(H,5,6). The van der Waals surface area contributed by atoms with Crippen molar-refractivity contribution < 1.29 is 19.4 Å². The molecule has 4 nitrogen and oxygen atoms in total. The summed E-state index contributed by atoms with van der Waals surface area (Å²) in [7, 11) is 0. The normalized spacial score (nSPS) is 9.96. The van der Waals surface area contributed by atoms with E-state index in [0.29, 0.717) is 19.4 Å². The van der Waals surface area contributed by atoms with Gasteiger partial charge in [0.1, 0.15) is 0 Å². The second kappa shape index (κ2) is 21.9. The molecule has 0 spiro atoms. The molecule has 0 atom stereocenters. The number of rotatable bonds is 15. The van der Waals surface area contributed by atoms with Crippen molar-refractivity contribution in [2.45, 2.75) is 111 Å². The molecule has 144 valence electrons. The van der Waals surface area contributed by atoms with Gasteiger partial charge in [-0.25, -0.2) is 0 Å². The van der Waals surface area contributed by atoms with E-state index in [9.17, 15) is 9.59 Å². The number of esters is 1. The highest BCUT2D eigenvalue weighted by molar-refractivity contribution is 5.69. The van der Waals surface area contributed by atoms with Gasteiger partial charge in [-0.3, -0.25) is 9.59 Å². The maximum absolute atomic E-state index is 11.4. The van der Waals surface area contributed by atoms with Gasteiger partial charge in [-0.15, -0.1) is 0 Å². The minimum absolute atomic E-state index is 0.0000525. The zero-order valence-corrected chi connectivity index (χ0v) is 16.3. The lowest BCUT2D eigenvalue weighted by Gasteiger charge is -2.04. The highest BCUT2D eigenvalue weighted by Crippen LogP contribution is 2.09. The average Bonchev–Trinajstić information content (AvgIpc) is 2.54. The topological polar surface area (TPSA) is 63.6 Å². The molecule has 0 unspecified atom stereocenters. The van der Waals surface area contributed by atoms with E-state index >= 15 is 0 Å². The molecule has 0 fully saturated rings. The summed E-state index contributed by atoms with van der Waals surface area (Å²) in [6.07, 6.45) is 15.1. The monoisotopic (exact) mass is 344 g/mol. The van der Waals surface area contributed by atoms with Crippen molar-refractivity contribution in [1.82, 2.24) is 0 Å². The first-order valence-electron chi connectivity index (χ1n) is 9.95. The van der Waals surface area contributed by atoms with Crippen LogP contribution in [0.3, 0.4) is 0 Å². The third-order valence-corrected chi connectivity index (χ3v) is 3.71. The predicted octanol–water partition coefficient (Wildman–Crippen LogP) is 6.12. The number of hydrogen-bond donors (Lipinski definition) is 1. The number of carboxylic acids is 1. The van der Waals surface area contributed by atoms with Crippen LogP contribution in [0.2, 0.25) is 0 Å². The molecular formula is C20H40O4. The SMILES string of the molecule is CCCC(=O)O.CCCCCCCCCC(=O)OCCCCCC. The van der Waals surface area contributed by atoms with Gasteiger partial charge >= 0.3 is 11.9 Å². The maximum atomic E-state index is 11.4. The Kier molecular flexibility index (Phi) is 23.0. The van der Waals surface area contributed by atoms with E-state index < -0.39 is 5.97 Å². The van der Waals surface area contributed by atoms with Crippen molar-refractivity contribution in [2.75, 3.05) is 6.61 Å². The van der Waals surface area contributed by atoms with Crippen molar-refractivity contribution in [1.29, 1.82) is 0 Å². The number of carboxylic acid groups (broad SMARTS) is 1. The van der Waals surface area contributed by atoms with E-state index in [1.165, 1.54) is 57.8 Å². The summed E-state index contributed by atoms with van der Waals surface area (Å²) in [5, 5.41) is 7.91. The largest absolute Gasteiger partial charge is 0.481 e. The Bertz CT molecular complexity index is 277. The molecule has 0 aliphatic carbocycles. The summed E-state index contributed by atoms with van der Waals surface area (Å²) in [6.45, 7) is 6.88. The predicted molar refractivity (Wildman–Crippen MR) is 100 cm³/mol. The second-order valence-corrected chi connectivity index (χ2v) is 6.30. The lowest BCUT2D eigenvalue weighted by Crippen LogP contribution is -2.05. The lowest BCUT2D eigenvalue weighted by molar-refractivity contribution is -0.144. The first-order chi connectivity index (χ1) is 11.6. The molecule has 0 aromatic heterocycles. The van der Waals surface area contributed by atoms with Crippen molar-refractivity contribution in [3.63, 3.8) is 0 Å². The van der Waals surface area contributed by atoms with Gasteiger partial charge in [0.05, 0.1) is 6.61 Å². The van der Waals surface area contributed by atoms with Crippen LogP contribution in [0.25, 0.3) is 0 Å². The average molecular weight is 345 g/mol. The van der Waals surface area contributed by atoms with E-state index in [-0.39, 0.29) is 5.97 Å². The van der Waals surface area contributed by atoms with Gasteiger partial charge in [-0.1, -0.05) is 78.6 Å². The Morgan fingerprint density at radius 3 is 1.62 bits per heavy atom. The highest BCUT2D eigenvalue weighted by Gasteiger charge is 2.02. The van der Waals surface area contributed by atoms with Crippen LogP contribution in [0.15, 0.2) is 0 Å². The van der Waals surface area contributed by atoms with E-state index in [2.05, 4.69) is 13.8 Å². The molecule has 1 N–H and O–H groups in total. The van der Waals surface area contributed by atoms with E-state index in [1.807, 2.05) is 6.92 Å². The van der Waals surface area contributed by atoms with Gasteiger partial charge in [-0.2, -0.15) is 0 Å². The van der Waals surface area contributed by atoms with Crippen molar-refractivity contribution in [2.24, 2.45) is 0 Å². The molecule has 0 heterocycles. The van der Waals surface area contributed by atoms with E-state index in [4.69, 9.17) is 9.84 Å². The molecule has 24 heavy (non-hydrogen) atoms. The fourth-order valence-corrected chi connectivity index (χ4v) is 2.23. The lowest BCUT2D eigenvalue weighted by atomic mass is 10.1. The minimum Gasteiger partial charge on any atom is -0.481 e. The van der Waals surface area contributed by atoms with Gasteiger partial charge in [0.2, 0.25) is 0 Å². The zero-order valence-electron chi connectivity index (χ0n) is 16.3. The van der Waals surface area contributed by atoms with Crippen LogP contribution >= 0.6 is 0 Å². The second-order valence-electron chi connectivity index (χ2n) is 6.30. The molecule has 0 saturated heterocycles. The summed E-state index contributed by atoms with van der Waals surface area (Å²) < 4.78 is 5.19. The van der Waals surface area contributed by atoms with E-state index in [1.54, 1.807) is 0 Å². The maximum Gasteiger partial charge on any atom is 0.305 e. The van der Waals surface area contributed by atoms with Crippen molar-refractivity contribution >= 4 is 11.9 Å². The fourth-order valence-electron chi connectivity index (χ4n) is 2.23. The Morgan fingerprint density at radius 2 is 1.17 bits per heavy atom. The first-order valence-corrected chi connectivity index (χ1v) is 9.95. The van der Waals surface area contributed by atoms with Gasteiger partial charge in [0.25, 0.3) is 0 Å². The van der Waals surface area contributed by atoms with Gasteiger partial charge in [0, 0.05) is 12.8 Å². The summed E-state index contributed by atoms with van der Waals surface area (Å²) >= 11 is 0. The summed E-state index contributed by atoms with van der Waals surface area (Å²) in [4.78, 5) is 21.0. The number of ether oxygens (including phenoxy) is 1. The Morgan fingerprint density at radius 1 is 0.667 bits per heavy atom. The van der Waals surface area contributed by atoms with Crippen LogP contribution in [-0.2, 0) is 14.3 Å². The number of unbranched alkanes of at least 4 members (excludes halogenated alkanes) is 9. The molecule has 0 bridgehead atoms. The van der Waals surface area contributed by atoms with Gasteiger partial charge in [-0.05, 0) is 19.3 Å². The van der Waals surface area contributed by atoms with Crippen LogP contribution in [0.5, 0.6) is 0 Å². The molecule has 0 saturated carbocycles. The molecule has 0 aromatic rings. The van der Waals surface area contributed by atoms with Crippen molar-refractivity contribution in [3.8, 4) is 0 Å². The molecular weight excluding hydrogens is 304 g/mol.